The summed E-state index contributed by atoms with van der Waals surface area (Å²) in [5, 5.41) is 2.74. The molecular weight excluding hydrogens is 346 g/mol. The summed E-state index contributed by atoms with van der Waals surface area (Å²) in [7, 11) is 0. The van der Waals surface area contributed by atoms with Crippen LogP contribution in [0.15, 0.2) is 41.2 Å². The highest BCUT2D eigenvalue weighted by molar-refractivity contribution is 5.99. The van der Waals surface area contributed by atoms with Crippen molar-refractivity contribution in [2.75, 3.05) is 25.0 Å². The molecule has 2 bridgehead atoms. The third kappa shape index (κ3) is 2.70. The summed E-state index contributed by atoms with van der Waals surface area (Å²) >= 11 is 0. The molecule has 0 saturated carbocycles. The van der Waals surface area contributed by atoms with Crippen molar-refractivity contribution in [3.63, 3.8) is 0 Å². The van der Waals surface area contributed by atoms with Crippen LogP contribution >= 0.6 is 0 Å². The molecule has 0 unspecified atom stereocenters. The first-order valence-electron chi connectivity index (χ1n) is 9.14. The standard InChI is InChI=1S/C20H19N3O4/c24-18-11-27-17-5-4-13(7-15(17)21-18)20(26)22-8-12-6-14(10-22)16-2-1-3-19(25)23(16)9-12/h1-5,7,12,14H,6,8-11H2,(H,21,24)/t12-,14+/m1/s1. The Bertz CT molecular complexity index is 1010. The summed E-state index contributed by atoms with van der Waals surface area (Å²) in [6, 6.07) is 10.5. The molecular formula is C20H19N3O4. The number of aromatic nitrogens is 1. The number of benzene rings is 1. The molecule has 138 valence electrons. The molecule has 7 heteroatoms. The van der Waals surface area contributed by atoms with Gasteiger partial charge in [-0.2, -0.15) is 0 Å². The lowest BCUT2D eigenvalue weighted by molar-refractivity contribution is -0.118. The van der Waals surface area contributed by atoms with Gasteiger partial charge in [-0.15, -0.1) is 0 Å². The van der Waals surface area contributed by atoms with Gasteiger partial charge in [0.1, 0.15) is 5.75 Å². The number of ether oxygens (including phenoxy) is 1. The van der Waals surface area contributed by atoms with E-state index in [2.05, 4.69) is 5.32 Å². The van der Waals surface area contributed by atoms with Gasteiger partial charge < -0.3 is 19.5 Å². The van der Waals surface area contributed by atoms with Crippen LogP contribution in [-0.4, -0.2) is 41.0 Å². The molecule has 2 atom stereocenters. The number of nitrogens with zero attached hydrogens (tertiary/aromatic N) is 2. The molecule has 1 saturated heterocycles. The summed E-state index contributed by atoms with van der Waals surface area (Å²) < 4.78 is 7.21. The minimum absolute atomic E-state index is 0.00540. The summed E-state index contributed by atoms with van der Waals surface area (Å²) in [5.74, 6) is 0.757. The first kappa shape index (κ1) is 16.1. The van der Waals surface area contributed by atoms with E-state index < -0.39 is 0 Å². The second-order valence-electron chi connectivity index (χ2n) is 7.46. The largest absolute Gasteiger partial charge is 0.482 e. The highest BCUT2D eigenvalue weighted by Gasteiger charge is 2.36. The van der Waals surface area contributed by atoms with E-state index >= 15 is 0 Å². The number of carbonyl (C=O) groups is 2. The Balaban J connectivity index is 1.42. The lowest BCUT2D eigenvalue weighted by atomic mass is 9.83. The Morgan fingerprint density at radius 2 is 2.00 bits per heavy atom. The number of anilines is 1. The van der Waals surface area contributed by atoms with E-state index in [-0.39, 0.29) is 35.8 Å². The van der Waals surface area contributed by atoms with Gasteiger partial charge in [0.2, 0.25) is 0 Å². The van der Waals surface area contributed by atoms with Gasteiger partial charge in [0, 0.05) is 42.9 Å². The van der Waals surface area contributed by atoms with Gasteiger partial charge in [-0.05, 0) is 36.6 Å². The van der Waals surface area contributed by atoms with E-state index in [1.54, 1.807) is 30.3 Å². The fourth-order valence-electron chi connectivity index (χ4n) is 4.46. The minimum atomic E-state index is -0.221. The molecule has 7 nitrogen and oxygen atoms in total. The first-order valence-corrected chi connectivity index (χ1v) is 9.14. The quantitative estimate of drug-likeness (QED) is 0.829. The zero-order chi connectivity index (χ0) is 18.5. The van der Waals surface area contributed by atoms with E-state index in [0.717, 1.165) is 12.1 Å². The van der Waals surface area contributed by atoms with Crippen molar-refractivity contribution < 1.29 is 14.3 Å². The maximum absolute atomic E-state index is 13.1. The Kier molecular flexibility index (Phi) is 3.56. The van der Waals surface area contributed by atoms with Gasteiger partial charge >= 0.3 is 0 Å². The number of nitrogens with one attached hydrogen (secondary N) is 1. The zero-order valence-corrected chi connectivity index (χ0v) is 14.7. The van der Waals surface area contributed by atoms with E-state index in [0.29, 0.717) is 36.6 Å². The molecule has 3 aliphatic rings. The predicted octanol–water partition coefficient (Wildman–Crippen LogP) is 1.44. The van der Waals surface area contributed by atoms with Gasteiger partial charge in [0.25, 0.3) is 17.4 Å². The second-order valence-corrected chi connectivity index (χ2v) is 7.46. The topological polar surface area (TPSA) is 80.6 Å². The normalized spacial score (nSPS) is 23.0. The first-order chi connectivity index (χ1) is 13.1. The molecule has 0 spiro atoms. The molecule has 2 amide bonds. The minimum Gasteiger partial charge on any atom is -0.482 e. The Morgan fingerprint density at radius 3 is 2.89 bits per heavy atom. The van der Waals surface area contributed by atoms with E-state index in [4.69, 9.17) is 4.74 Å². The van der Waals surface area contributed by atoms with Crippen molar-refractivity contribution in [1.29, 1.82) is 0 Å². The average molecular weight is 365 g/mol. The van der Waals surface area contributed by atoms with Gasteiger partial charge in [-0.25, -0.2) is 0 Å². The van der Waals surface area contributed by atoms with E-state index in [1.807, 2.05) is 15.5 Å². The van der Waals surface area contributed by atoms with Crippen LogP contribution < -0.4 is 15.6 Å². The maximum atomic E-state index is 13.1. The zero-order valence-electron chi connectivity index (χ0n) is 14.7. The van der Waals surface area contributed by atoms with E-state index in [9.17, 15) is 14.4 Å². The van der Waals surface area contributed by atoms with Crippen molar-refractivity contribution in [3.8, 4) is 5.75 Å². The fourth-order valence-corrected chi connectivity index (χ4v) is 4.46. The molecule has 2 aromatic rings. The number of hydrogen-bond donors (Lipinski definition) is 1. The maximum Gasteiger partial charge on any atom is 0.262 e. The molecule has 27 heavy (non-hydrogen) atoms. The average Bonchev–Trinajstić information content (AvgIpc) is 2.67. The lowest BCUT2D eigenvalue weighted by Crippen LogP contribution is -2.49. The highest BCUT2D eigenvalue weighted by atomic mass is 16.5. The number of piperidine rings is 1. The molecule has 0 aliphatic carbocycles. The van der Waals surface area contributed by atoms with Crippen molar-refractivity contribution in [1.82, 2.24) is 9.47 Å². The summed E-state index contributed by atoms with van der Waals surface area (Å²) in [5.41, 5.74) is 2.12. The smallest absolute Gasteiger partial charge is 0.262 e. The summed E-state index contributed by atoms with van der Waals surface area (Å²) in [6.07, 6.45) is 1.00. The predicted molar refractivity (Wildman–Crippen MR) is 98.0 cm³/mol. The molecule has 4 heterocycles. The number of hydrogen-bond acceptors (Lipinski definition) is 4. The molecule has 0 radical (unpaired) electrons. The van der Waals surface area contributed by atoms with E-state index in [1.165, 1.54) is 0 Å². The van der Waals surface area contributed by atoms with Crippen LogP contribution in [0.25, 0.3) is 0 Å². The number of carbonyl (C=O) groups excluding carboxylic acids is 2. The highest BCUT2D eigenvalue weighted by Crippen LogP contribution is 2.36. The molecule has 1 aromatic heterocycles. The van der Waals surface area contributed by atoms with Crippen LogP contribution in [0.4, 0.5) is 5.69 Å². The van der Waals surface area contributed by atoms with Crippen molar-refractivity contribution >= 4 is 17.5 Å². The fraction of sp³-hybridized carbons (Fsp3) is 0.350. The Morgan fingerprint density at radius 1 is 1.11 bits per heavy atom. The lowest BCUT2D eigenvalue weighted by Gasteiger charge is -2.42. The summed E-state index contributed by atoms with van der Waals surface area (Å²) in [6.45, 7) is 1.88. The molecule has 3 aliphatic heterocycles. The number of likely N-dealkylation sites (tertiary alicyclic amines) is 1. The molecule has 1 N–H and O–H groups in total. The van der Waals surface area contributed by atoms with Gasteiger partial charge in [-0.3, -0.25) is 14.4 Å². The second kappa shape index (κ2) is 5.97. The number of rotatable bonds is 1. The van der Waals surface area contributed by atoms with Gasteiger partial charge in [-0.1, -0.05) is 6.07 Å². The third-order valence-electron chi connectivity index (χ3n) is 5.63. The molecule has 5 rings (SSSR count). The number of fused-ring (bicyclic) bond motifs is 5. The van der Waals surface area contributed by atoms with Crippen LogP contribution in [0.5, 0.6) is 5.75 Å². The molecule has 1 aromatic carbocycles. The van der Waals surface area contributed by atoms with Gasteiger partial charge in [0.15, 0.2) is 6.61 Å². The van der Waals surface area contributed by atoms with Crippen LogP contribution in [0.2, 0.25) is 0 Å². The van der Waals surface area contributed by atoms with Crippen molar-refractivity contribution in [2.45, 2.75) is 18.9 Å². The Labute approximate surface area is 155 Å². The van der Waals surface area contributed by atoms with Gasteiger partial charge in [0.05, 0.1) is 5.69 Å². The Hall–Kier alpha value is -3.09. The third-order valence-corrected chi connectivity index (χ3v) is 5.63. The SMILES string of the molecule is O=C1COc2ccc(C(=O)N3C[C@H]4C[C@@H](C3)c3cccc(=O)n3C4)cc2N1. The number of amides is 2. The summed E-state index contributed by atoms with van der Waals surface area (Å²) in [4.78, 5) is 38.6. The van der Waals surface area contributed by atoms with Crippen LogP contribution in [0.1, 0.15) is 28.4 Å². The monoisotopic (exact) mass is 365 g/mol. The van der Waals surface area contributed by atoms with Crippen molar-refractivity contribution in [2.24, 2.45) is 5.92 Å². The van der Waals surface area contributed by atoms with Crippen LogP contribution in [0, 0.1) is 5.92 Å². The number of pyridine rings is 1. The molecule has 1 fully saturated rings. The van der Waals surface area contributed by atoms with Crippen LogP contribution in [-0.2, 0) is 11.3 Å². The van der Waals surface area contributed by atoms with Crippen LogP contribution in [0.3, 0.4) is 0 Å². The van der Waals surface area contributed by atoms with Crippen molar-refractivity contribution in [3.05, 3.63) is 58.0 Å².